The average molecular weight is 419 g/mol. The highest BCUT2D eigenvalue weighted by atomic mass is 16.5. The van der Waals surface area contributed by atoms with Crippen molar-refractivity contribution in [2.24, 2.45) is 10.9 Å². The number of piperidine rings is 1. The van der Waals surface area contributed by atoms with E-state index < -0.39 is 0 Å². The van der Waals surface area contributed by atoms with E-state index in [1.54, 1.807) is 7.05 Å². The molecule has 2 rings (SSSR count). The van der Waals surface area contributed by atoms with Crippen molar-refractivity contribution in [2.45, 2.75) is 46.5 Å². The first-order valence-corrected chi connectivity index (χ1v) is 11.2. The molecular weight excluding hydrogens is 380 g/mol. The summed E-state index contributed by atoms with van der Waals surface area (Å²) in [6.45, 7) is 10.7. The van der Waals surface area contributed by atoms with Gasteiger partial charge in [-0.05, 0) is 63.6 Å². The van der Waals surface area contributed by atoms with E-state index in [0.717, 1.165) is 56.4 Å². The van der Waals surface area contributed by atoms with Gasteiger partial charge in [0.2, 0.25) is 5.91 Å². The van der Waals surface area contributed by atoms with Crippen LogP contribution >= 0.6 is 0 Å². The van der Waals surface area contributed by atoms with Crippen molar-refractivity contribution in [3.8, 4) is 11.5 Å². The van der Waals surface area contributed by atoms with E-state index >= 15 is 0 Å². The molecule has 0 saturated carbocycles. The van der Waals surface area contributed by atoms with Crippen LogP contribution in [0.5, 0.6) is 11.5 Å². The largest absolute Gasteiger partial charge is 0.490 e. The van der Waals surface area contributed by atoms with Crippen LogP contribution in [0.2, 0.25) is 0 Å². The zero-order valence-corrected chi connectivity index (χ0v) is 19.0. The maximum absolute atomic E-state index is 11.6. The molecule has 0 radical (unpaired) electrons. The summed E-state index contributed by atoms with van der Waals surface area (Å²) < 4.78 is 11.4. The fourth-order valence-corrected chi connectivity index (χ4v) is 3.68. The summed E-state index contributed by atoms with van der Waals surface area (Å²) in [6.07, 6.45) is 3.51. The first kappa shape index (κ1) is 23.8. The SMILES string of the molecule is CCNC(=NCCc1ccc(OCC)c(OCC)c1)N1CCC(CC(=O)NC)CC1. The Hall–Kier alpha value is -2.44. The molecule has 30 heavy (non-hydrogen) atoms. The molecule has 1 heterocycles. The van der Waals surface area contributed by atoms with Gasteiger partial charge in [0.15, 0.2) is 17.5 Å². The molecule has 0 aromatic heterocycles. The monoisotopic (exact) mass is 418 g/mol. The van der Waals surface area contributed by atoms with Gasteiger partial charge in [0.05, 0.1) is 13.2 Å². The van der Waals surface area contributed by atoms with Gasteiger partial charge in [0, 0.05) is 39.6 Å². The van der Waals surface area contributed by atoms with Crippen molar-refractivity contribution in [3.05, 3.63) is 23.8 Å². The average Bonchev–Trinajstić information content (AvgIpc) is 2.75. The molecule has 1 aliphatic rings. The number of hydrogen-bond donors (Lipinski definition) is 2. The Labute approximate surface area is 181 Å². The minimum absolute atomic E-state index is 0.135. The lowest BCUT2D eigenvalue weighted by Gasteiger charge is -2.34. The van der Waals surface area contributed by atoms with Crippen LogP contribution in [0.4, 0.5) is 0 Å². The Morgan fingerprint density at radius 3 is 2.47 bits per heavy atom. The van der Waals surface area contributed by atoms with E-state index in [9.17, 15) is 4.79 Å². The molecule has 1 saturated heterocycles. The lowest BCUT2D eigenvalue weighted by molar-refractivity contribution is -0.121. The van der Waals surface area contributed by atoms with E-state index in [4.69, 9.17) is 14.5 Å². The molecule has 7 heteroatoms. The van der Waals surface area contributed by atoms with Crippen LogP contribution in [0.3, 0.4) is 0 Å². The van der Waals surface area contributed by atoms with Crippen LogP contribution in [0.1, 0.15) is 45.6 Å². The molecular formula is C23H38N4O3. The summed E-state index contributed by atoms with van der Waals surface area (Å²) in [5, 5.41) is 6.14. The first-order chi connectivity index (χ1) is 14.6. The van der Waals surface area contributed by atoms with Gasteiger partial charge >= 0.3 is 0 Å². The molecule has 0 unspecified atom stereocenters. The van der Waals surface area contributed by atoms with Gasteiger partial charge in [-0.25, -0.2) is 0 Å². The normalized spacial score (nSPS) is 15.1. The van der Waals surface area contributed by atoms with E-state index in [2.05, 4.69) is 34.6 Å². The van der Waals surface area contributed by atoms with Gasteiger partial charge in [-0.15, -0.1) is 0 Å². The number of benzene rings is 1. The second-order valence-electron chi connectivity index (χ2n) is 7.44. The van der Waals surface area contributed by atoms with Gasteiger partial charge in [-0.1, -0.05) is 6.07 Å². The Bertz CT molecular complexity index is 685. The molecule has 168 valence electrons. The highest BCUT2D eigenvalue weighted by molar-refractivity contribution is 5.80. The van der Waals surface area contributed by atoms with Crippen LogP contribution in [0, 0.1) is 5.92 Å². The fraction of sp³-hybridized carbons (Fsp3) is 0.652. The second kappa shape index (κ2) is 13.0. The number of amides is 1. The minimum atomic E-state index is 0.135. The van der Waals surface area contributed by atoms with Gasteiger partial charge in [0.25, 0.3) is 0 Å². The molecule has 1 aromatic rings. The fourth-order valence-electron chi connectivity index (χ4n) is 3.68. The van der Waals surface area contributed by atoms with E-state index in [-0.39, 0.29) is 5.91 Å². The lowest BCUT2D eigenvalue weighted by Crippen LogP contribution is -2.46. The van der Waals surface area contributed by atoms with Crippen molar-refractivity contribution < 1.29 is 14.3 Å². The van der Waals surface area contributed by atoms with E-state index in [1.807, 2.05) is 19.9 Å². The third-order valence-corrected chi connectivity index (χ3v) is 5.27. The van der Waals surface area contributed by atoms with Gasteiger partial charge in [-0.2, -0.15) is 0 Å². The number of hydrogen-bond acceptors (Lipinski definition) is 4. The van der Waals surface area contributed by atoms with Gasteiger partial charge in [-0.3, -0.25) is 9.79 Å². The molecule has 1 aromatic carbocycles. The molecule has 2 N–H and O–H groups in total. The Morgan fingerprint density at radius 2 is 1.83 bits per heavy atom. The van der Waals surface area contributed by atoms with E-state index in [0.29, 0.717) is 32.1 Å². The molecule has 0 atom stereocenters. The summed E-state index contributed by atoms with van der Waals surface area (Å²) in [7, 11) is 1.70. The molecule has 0 bridgehead atoms. The third kappa shape index (κ3) is 7.43. The number of carbonyl (C=O) groups excluding carboxylic acids is 1. The second-order valence-corrected chi connectivity index (χ2v) is 7.44. The first-order valence-electron chi connectivity index (χ1n) is 11.2. The molecule has 0 aliphatic carbocycles. The van der Waals surface area contributed by atoms with Gasteiger partial charge < -0.3 is 25.0 Å². The Balaban J connectivity index is 1.93. The van der Waals surface area contributed by atoms with Crippen LogP contribution in [0.25, 0.3) is 0 Å². The van der Waals surface area contributed by atoms with Crippen molar-refractivity contribution in [1.29, 1.82) is 0 Å². The molecule has 1 amide bonds. The Morgan fingerprint density at radius 1 is 1.13 bits per heavy atom. The zero-order valence-electron chi connectivity index (χ0n) is 19.0. The quantitative estimate of drug-likeness (QED) is 0.451. The van der Waals surface area contributed by atoms with Crippen molar-refractivity contribution in [3.63, 3.8) is 0 Å². The number of guanidine groups is 1. The number of aliphatic imine (C=N–C) groups is 1. The number of likely N-dealkylation sites (tertiary alicyclic amines) is 1. The summed E-state index contributed by atoms with van der Waals surface area (Å²) >= 11 is 0. The van der Waals surface area contributed by atoms with Crippen LogP contribution < -0.4 is 20.1 Å². The highest BCUT2D eigenvalue weighted by Crippen LogP contribution is 2.28. The molecule has 1 fully saturated rings. The van der Waals surface area contributed by atoms with Crippen LogP contribution in [-0.4, -0.2) is 63.2 Å². The van der Waals surface area contributed by atoms with Crippen LogP contribution in [-0.2, 0) is 11.2 Å². The van der Waals surface area contributed by atoms with Crippen LogP contribution in [0.15, 0.2) is 23.2 Å². The number of ether oxygens (including phenoxy) is 2. The summed E-state index contributed by atoms with van der Waals surface area (Å²) in [5.74, 6) is 3.15. The predicted molar refractivity (Wildman–Crippen MR) is 121 cm³/mol. The molecule has 7 nitrogen and oxygen atoms in total. The summed E-state index contributed by atoms with van der Waals surface area (Å²) in [5.41, 5.74) is 1.19. The van der Waals surface area contributed by atoms with Gasteiger partial charge in [0.1, 0.15) is 0 Å². The third-order valence-electron chi connectivity index (χ3n) is 5.27. The molecule has 0 spiro atoms. The standard InChI is InChI=1S/C23H38N4O3/c1-5-25-23(27-14-11-19(12-15-27)17-22(28)24-4)26-13-10-18-8-9-20(29-6-2)21(16-18)30-7-3/h8-9,16,19H,5-7,10-15,17H2,1-4H3,(H,24,28)(H,25,26). The lowest BCUT2D eigenvalue weighted by atomic mass is 9.93. The number of nitrogens with one attached hydrogen (secondary N) is 2. The predicted octanol–water partition coefficient (Wildman–Crippen LogP) is 2.84. The summed E-state index contributed by atoms with van der Waals surface area (Å²) in [4.78, 5) is 18.8. The van der Waals surface area contributed by atoms with E-state index in [1.165, 1.54) is 5.56 Å². The number of carbonyl (C=O) groups is 1. The summed E-state index contributed by atoms with van der Waals surface area (Å²) in [6, 6.07) is 6.12. The number of rotatable bonds is 10. The minimum Gasteiger partial charge on any atom is -0.490 e. The number of nitrogens with zero attached hydrogens (tertiary/aromatic N) is 2. The van der Waals surface area contributed by atoms with Crippen molar-refractivity contribution in [1.82, 2.24) is 15.5 Å². The van der Waals surface area contributed by atoms with Crippen molar-refractivity contribution in [2.75, 3.05) is 46.4 Å². The van der Waals surface area contributed by atoms with Crippen molar-refractivity contribution >= 4 is 11.9 Å². The smallest absolute Gasteiger partial charge is 0.220 e. The highest BCUT2D eigenvalue weighted by Gasteiger charge is 2.23. The molecule has 1 aliphatic heterocycles. The topological polar surface area (TPSA) is 75.2 Å². The zero-order chi connectivity index (χ0) is 21.8. The maximum Gasteiger partial charge on any atom is 0.220 e. The Kier molecular flexibility index (Phi) is 10.3. The maximum atomic E-state index is 11.6.